The van der Waals surface area contributed by atoms with Crippen molar-refractivity contribution in [2.45, 2.75) is 31.6 Å². The van der Waals surface area contributed by atoms with Gasteiger partial charge in [0.2, 0.25) is 0 Å². The third-order valence-corrected chi connectivity index (χ3v) is 6.01. The molecule has 0 aromatic carbocycles. The number of hydrogen-bond donors (Lipinski definition) is 0. The van der Waals surface area contributed by atoms with Crippen LogP contribution in [0.1, 0.15) is 19.3 Å². The molecular formula is C16H21N3O5S. The van der Waals surface area contributed by atoms with Crippen LogP contribution in [0.3, 0.4) is 0 Å². The molecule has 136 valence electrons. The van der Waals surface area contributed by atoms with Crippen molar-refractivity contribution in [1.29, 1.82) is 0 Å². The molecule has 4 heterocycles. The molecule has 1 amide bonds. The third kappa shape index (κ3) is 3.23. The number of rotatable bonds is 2. The number of amides is 1. The molecule has 0 aromatic heterocycles. The van der Waals surface area contributed by atoms with Crippen LogP contribution in [0.4, 0.5) is 0 Å². The summed E-state index contributed by atoms with van der Waals surface area (Å²) in [6.45, 7) is 1.98. The fourth-order valence-corrected chi connectivity index (χ4v) is 4.61. The predicted molar refractivity (Wildman–Crippen MR) is 90.2 cm³/mol. The fraction of sp³-hybridized carbons (Fsp3) is 0.625. The first kappa shape index (κ1) is 16.7. The lowest BCUT2D eigenvalue weighted by Crippen LogP contribution is -2.52. The van der Waals surface area contributed by atoms with Gasteiger partial charge in [0, 0.05) is 19.3 Å². The average molecular weight is 367 g/mol. The van der Waals surface area contributed by atoms with Crippen LogP contribution in [0.2, 0.25) is 0 Å². The summed E-state index contributed by atoms with van der Waals surface area (Å²) in [5, 5.41) is 0. The zero-order chi connectivity index (χ0) is 17.4. The summed E-state index contributed by atoms with van der Waals surface area (Å²) in [6.07, 6.45) is 7.48. The van der Waals surface area contributed by atoms with Crippen molar-refractivity contribution in [1.82, 2.24) is 9.80 Å². The maximum absolute atomic E-state index is 13.2. The molecule has 25 heavy (non-hydrogen) atoms. The fourth-order valence-electron chi connectivity index (χ4n) is 3.63. The van der Waals surface area contributed by atoms with Gasteiger partial charge in [0.25, 0.3) is 15.9 Å². The van der Waals surface area contributed by atoms with Crippen molar-refractivity contribution in [3.05, 3.63) is 23.9 Å². The number of carbonyl (C=O) groups is 1. The van der Waals surface area contributed by atoms with E-state index in [4.69, 9.17) is 9.47 Å². The van der Waals surface area contributed by atoms with Crippen molar-refractivity contribution in [2.24, 2.45) is 4.40 Å². The van der Waals surface area contributed by atoms with Crippen LogP contribution in [0, 0.1) is 0 Å². The molecule has 9 heteroatoms. The highest BCUT2D eigenvalue weighted by Crippen LogP contribution is 2.27. The van der Waals surface area contributed by atoms with Gasteiger partial charge in [0.1, 0.15) is 0 Å². The number of sulfonamides is 1. The van der Waals surface area contributed by atoms with E-state index in [1.807, 2.05) is 0 Å². The number of likely N-dealkylation sites (tertiary alicyclic amines) is 1. The minimum atomic E-state index is -3.53. The summed E-state index contributed by atoms with van der Waals surface area (Å²) in [7, 11) is -3.53. The summed E-state index contributed by atoms with van der Waals surface area (Å²) in [5.41, 5.74) is 0.315. The Morgan fingerprint density at radius 3 is 2.80 bits per heavy atom. The van der Waals surface area contributed by atoms with Crippen LogP contribution in [0.25, 0.3) is 0 Å². The molecule has 1 atom stereocenters. The normalized spacial score (nSPS) is 29.2. The van der Waals surface area contributed by atoms with Crippen LogP contribution >= 0.6 is 0 Å². The molecule has 1 unspecified atom stereocenters. The van der Waals surface area contributed by atoms with Gasteiger partial charge >= 0.3 is 0 Å². The molecule has 4 aliphatic rings. The molecule has 8 nitrogen and oxygen atoms in total. The molecule has 0 aromatic rings. The molecule has 2 saturated heterocycles. The van der Waals surface area contributed by atoms with Gasteiger partial charge in [0.15, 0.2) is 12.1 Å². The average Bonchev–Trinajstić information content (AvgIpc) is 3.14. The van der Waals surface area contributed by atoms with Gasteiger partial charge in [-0.15, -0.1) is 4.40 Å². The summed E-state index contributed by atoms with van der Waals surface area (Å²) >= 11 is 0. The van der Waals surface area contributed by atoms with Crippen molar-refractivity contribution < 1.29 is 22.7 Å². The van der Waals surface area contributed by atoms with Gasteiger partial charge in [-0.1, -0.05) is 0 Å². The Hall–Kier alpha value is -1.71. The van der Waals surface area contributed by atoms with E-state index in [9.17, 15) is 13.2 Å². The first-order chi connectivity index (χ1) is 12.1. The Bertz CT molecular complexity index is 752. The lowest BCUT2D eigenvalue weighted by molar-refractivity contribution is -0.146. The van der Waals surface area contributed by atoms with E-state index in [1.165, 1.54) is 0 Å². The number of carbonyl (C=O) groups excluding carboxylic acids is 1. The zero-order valence-electron chi connectivity index (χ0n) is 13.8. The van der Waals surface area contributed by atoms with Gasteiger partial charge in [-0.25, -0.2) is 8.42 Å². The van der Waals surface area contributed by atoms with Crippen LogP contribution in [-0.2, 0) is 24.3 Å². The van der Waals surface area contributed by atoms with E-state index >= 15 is 0 Å². The standard InChI is InChI=1S/C16H21N3O5S/c20-15(19-7-2-1-5-13(19)16-23-9-10-24-16)12-4-3-6-18-8-11-25(21,22)17-14(12)18/h3-4,6,13,16H,1-2,5,7-11H2. The predicted octanol–water partition coefficient (Wildman–Crippen LogP) is 0.238. The quantitative estimate of drug-likeness (QED) is 0.695. The zero-order valence-corrected chi connectivity index (χ0v) is 14.7. The lowest BCUT2D eigenvalue weighted by Gasteiger charge is -2.39. The SMILES string of the molecule is O=C(C1=CC=CN2CCS(=O)(=O)N=C12)N1CCCCC1C1OCCO1. The molecule has 0 radical (unpaired) electrons. The summed E-state index contributed by atoms with van der Waals surface area (Å²) in [6, 6.07) is -0.148. The second kappa shape index (κ2) is 6.54. The Labute approximate surface area is 146 Å². The first-order valence-corrected chi connectivity index (χ1v) is 10.2. The molecular weight excluding hydrogens is 346 g/mol. The largest absolute Gasteiger partial charge is 0.348 e. The molecule has 4 aliphatic heterocycles. The van der Waals surface area contributed by atoms with Gasteiger partial charge in [-0.2, -0.15) is 0 Å². The lowest BCUT2D eigenvalue weighted by atomic mass is 9.99. The van der Waals surface area contributed by atoms with Gasteiger partial charge in [-0.05, 0) is 31.4 Å². The van der Waals surface area contributed by atoms with E-state index in [1.54, 1.807) is 28.2 Å². The highest BCUT2D eigenvalue weighted by Gasteiger charge is 2.39. The first-order valence-electron chi connectivity index (χ1n) is 8.57. The number of piperidine rings is 1. The smallest absolute Gasteiger partial charge is 0.258 e. The van der Waals surface area contributed by atoms with Crippen molar-refractivity contribution >= 4 is 21.8 Å². The molecule has 4 rings (SSSR count). The minimum absolute atomic E-state index is 0.0433. The second-order valence-electron chi connectivity index (χ2n) is 6.49. The summed E-state index contributed by atoms with van der Waals surface area (Å²) in [4.78, 5) is 16.7. The highest BCUT2D eigenvalue weighted by atomic mass is 32.2. The highest BCUT2D eigenvalue weighted by molar-refractivity contribution is 7.90. The van der Waals surface area contributed by atoms with E-state index in [0.717, 1.165) is 19.3 Å². The van der Waals surface area contributed by atoms with Crippen molar-refractivity contribution in [3.63, 3.8) is 0 Å². The number of allylic oxidation sites excluding steroid dienone is 2. The number of ether oxygens (including phenoxy) is 2. The third-order valence-electron chi connectivity index (χ3n) is 4.86. The van der Waals surface area contributed by atoms with Crippen LogP contribution < -0.4 is 0 Å². The number of fused-ring (bicyclic) bond motifs is 1. The maximum atomic E-state index is 13.2. The molecule has 0 saturated carbocycles. The number of amidine groups is 1. The molecule has 0 N–H and O–H groups in total. The molecule has 0 bridgehead atoms. The van der Waals surface area contributed by atoms with Crippen molar-refractivity contribution in [3.8, 4) is 0 Å². The Morgan fingerprint density at radius 2 is 2.00 bits per heavy atom. The van der Waals surface area contributed by atoms with Gasteiger partial charge in [0.05, 0.1) is 30.6 Å². The number of hydrogen-bond acceptors (Lipinski definition) is 6. The molecule has 0 aliphatic carbocycles. The van der Waals surface area contributed by atoms with Crippen LogP contribution in [0.15, 0.2) is 28.3 Å². The van der Waals surface area contributed by atoms with Gasteiger partial charge in [-0.3, -0.25) is 4.79 Å². The molecule has 2 fully saturated rings. The van der Waals surface area contributed by atoms with E-state index in [2.05, 4.69) is 4.40 Å². The van der Waals surface area contributed by atoms with Crippen LogP contribution in [0.5, 0.6) is 0 Å². The summed E-state index contributed by atoms with van der Waals surface area (Å²) < 4.78 is 38.9. The Morgan fingerprint density at radius 1 is 1.20 bits per heavy atom. The Balaban J connectivity index is 1.63. The van der Waals surface area contributed by atoms with Crippen LogP contribution in [-0.4, -0.2) is 74.3 Å². The summed E-state index contributed by atoms with van der Waals surface area (Å²) in [5.74, 6) is -0.0383. The van der Waals surface area contributed by atoms with E-state index in [0.29, 0.717) is 31.9 Å². The second-order valence-corrected chi connectivity index (χ2v) is 8.24. The van der Waals surface area contributed by atoms with E-state index < -0.39 is 16.3 Å². The maximum Gasteiger partial charge on any atom is 0.258 e. The minimum Gasteiger partial charge on any atom is -0.348 e. The Kier molecular flexibility index (Phi) is 4.38. The van der Waals surface area contributed by atoms with E-state index in [-0.39, 0.29) is 23.5 Å². The number of nitrogens with zero attached hydrogens (tertiary/aromatic N) is 3. The van der Waals surface area contributed by atoms with Crippen molar-refractivity contribution in [2.75, 3.05) is 32.1 Å². The van der Waals surface area contributed by atoms with Gasteiger partial charge < -0.3 is 19.3 Å². The monoisotopic (exact) mass is 367 g/mol. The molecule has 0 spiro atoms. The topological polar surface area (TPSA) is 88.5 Å².